The van der Waals surface area contributed by atoms with Crippen molar-refractivity contribution in [2.75, 3.05) is 5.32 Å². The van der Waals surface area contributed by atoms with Gasteiger partial charge in [-0.3, -0.25) is 4.79 Å². The summed E-state index contributed by atoms with van der Waals surface area (Å²) in [4.78, 5) is 12.8. The summed E-state index contributed by atoms with van der Waals surface area (Å²) in [6.45, 7) is 6.44. The molecule has 0 unspecified atom stereocenters. The second-order valence-electron chi connectivity index (χ2n) is 8.20. The van der Waals surface area contributed by atoms with Crippen LogP contribution in [0, 0.1) is 6.92 Å². The molecule has 3 aromatic rings. The SMILES string of the molecule is Cc1cccc(C(C)C)c1NC(=O)CCc1ccc(S(=O)(=O)NCc2ccccc2)cc1. The smallest absolute Gasteiger partial charge is 0.240 e. The molecule has 0 aromatic heterocycles. The van der Waals surface area contributed by atoms with Gasteiger partial charge in [-0.2, -0.15) is 0 Å². The predicted molar refractivity (Wildman–Crippen MR) is 129 cm³/mol. The Balaban J connectivity index is 1.57. The number of hydrogen-bond acceptors (Lipinski definition) is 3. The van der Waals surface area contributed by atoms with Crippen LogP contribution in [0.2, 0.25) is 0 Å². The number of benzene rings is 3. The van der Waals surface area contributed by atoms with Crippen molar-refractivity contribution in [3.8, 4) is 0 Å². The Morgan fingerprint density at radius 2 is 1.56 bits per heavy atom. The minimum absolute atomic E-state index is 0.0533. The first kappa shape index (κ1) is 23.7. The summed E-state index contributed by atoms with van der Waals surface area (Å²) in [6, 6.07) is 22.1. The van der Waals surface area contributed by atoms with E-state index in [0.29, 0.717) is 18.8 Å². The zero-order valence-electron chi connectivity index (χ0n) is 18.8. The second-order valence-corrected chi connectivity index (χ2v) is 9.96. The van der Waals surface area contributed by atoms with E-state index in [9.17, 15) is 13.2 Å². The van der Waals surface area contributed by atoms with E-state index in [1.807, 2.05) is 55.5 Å². The maximum atomic E-state index is 12.5. The fourth-order valence-electron chi connectivity index (χ4n) is 3.49. The Hall–Kier alpha value is -2.96. The fourth-order valence-corrected chi connectivity index (χ4v) is 4.51. The largest absolute Gasteiger partial charge is 0.326 e. The molecule has 0 bridgehead atoms. The van der Waals surface area contributed by atoms with E-state index in [-0.39, 0.29) is 17.3 Å². The van der Waals surface area contributed by atoms with Gasteiger partial charge < -0.3 is 5.32 Å². The first-order chi connectivity index (χ1) is 15.3. The molecule has 6 heteroatoms. The molecule has 32 heavy (non-hydrogen) atoms. The quantitative estimate of drug-likeness (QED) is 0.472. The third-order valence-electron chi connectivity index (χ3n) is 5.37. The van der Waals surface area contributed by atoms with Crippen LogP contribution in [0.3, 0.4) is 0 Å². The van der Waals surface area contributed by atoms with Gasteiger partial charge in [0.1, 0.15) is 0 Å². The Morgan fingerprint density at radius 3 is 2.22 bits per heavy atom. The summed E-state index contributed by atoms with van der Waals surface area (Å²) >= 11 is 0. The van der Waals surface area contributed by atoms with Gasteiger partial charge in [0.15, 0.2) is 0 Å². The number of rotatable bonds is 9. The lowest BCUT2D eigenvalue weighted by Crippen LogP contribution is -2.23. The van der Waals surface area contributed by atoms with Crippen molar-refractivity contribution in [1.29, 1.82) is 0 Å². The summed E-state index contributed by atoms with van der Waals surface area (Å²) in [6.07, 6.45) is 0.858. The minimum atomic E-state index is -3.59. The average Bonchev–Trinajstić information content (AvgIpc) is 2.78. The zero-order valence-corrected chi connectivity index (χ0v) is 19.6. The number of aryl methyl sites for hydroxylation is 2. The zero-order chi connectivity index (χ0) is 23.1. The predicted octanol–water partition coefficient (Wildman–Crippen LogP) is 5.17. The van der Waals surface area contributed by atoms with Gasteiger partial charge in [-0.05, 0) is 53.6 Å². The molecule has 5 nitrogen and oxygen atoms in total. The Bertz CT molecular complexity index is 1160. The molecule has 2 N–H and O–H groups in total. The molecule has 0 aliphatic carbocycles. The lowest BCUT2D eigenvalue weighted by molar-refractivity contribution is -0.116. The minimum Gasteiger partial charge on any atom is -0.326 e. The van der Waals surface area contributed by atoms with Crippen LogP contribution in [-0.2, 0) is 27.8 Å². The van der Waals surface area contributed by atoms with Gasteiger partial charge in [0.05, 0.1) is 4.90 Å². The molecule has 3 aromatic carbocycles. The van der Waals surface area contributed by atoms with Crippen molar-refractivity contribution in [2.45, 2.75) is 51.0 Å². The van der Waals surface area contributed by atoms with Gasteiger partial charge in [-0.1, -0.05) is 74.5 Å². The standard InChI is InChI=1S/C26H30N2O3S/c1-19(2)24-11-7-8-20(3)26(24)28-25(29)17-14-21-12-15-23(16-13-21)32(30,31)27-18-22-9-5-4-6-10-22/h4-13,15-16,19,27H,14,17-18H2,1-3H3,(H,28,29). The van der Waals surface area contributed by atoms with Gasteiger partial charge in [0.25, 0.3) is 0 Å². The van der Waals surface area contributed by atoms with Crippen LogP contribution in [0.4, 0.5) is 5.69 Å². The summed E-state index contributed by atoms with van der Waals surface area (Å²) in [7, 11) is -3.59. The fraction of sp³-hybridized carbons (Fsp3) is 0.269. The van der Waals surface area contributed by atoms with Crippen molar-refractivity contribution >= 4 is 21.6 Å². The van der Waals surface area contributed by atoms with E-state index >= 15 is 0 Å². The summed E-state index contributed by atoms with van der Waals surface area (Å²) in [5.41, 5.74) is 4.86. The van der Waals surface area contributed by atoms with E-state index in [0.717, 1.165) is 27.9 Å². The van der Waals surface area contributed by atoms with Gasteiger partial charge >= 0.3 is 0 Å². The Morgan fingerprint density at radius 1 is 0.875 bits per heavy atom. The highest BCUT2D eigenvalue weighted by Crippen LogP contribution is 2.27. The molecule has 0 fully saturated rings. The number of nitrogens with one attached hydrogen (secondary N) is 2. The number of hydrogen-bond donors (Lipinski definition) is 2. The Labute approximate surface area is 190 Å². The molecule has 168 valence electrons. The molecule has 0 saturated heterocycles. The molecule has 0 aliphatic rings. The van der Waals surface area contributed by atoms with Crippen LogP contribution in [0.15, 0.2) is 77.7 Å². The molecule has 0 atom stereocenters. The lowest BCUT2D eigenvalue weighted by Gasteiger charge is -2.16. The van der Waals surface area contributed by atoms with Gasteiger partial charge in [0, 0.05) is 18.7 Å². The maximum absolute atomic E-state index is 12.5. The van der Waals surface area contributed by atoms with Crippen LogP contribution >= 0.6 is 0 Å². The monoisotopic (exact) mass is 450 g/mol. The van der Waals surface area contributed by atoms with Crippen LogP contribution in [0.5, 0.6) is 0 Å². The summed E-state index contributed by atoms with van der Waals surface area (Å²) < 4.78 is 27.7. The number of para-hydroxylation sites is 1. The number of amides is 1. The van der Waals surface area contributed by atoms with E-state index in [1.54, 1.807) is 24.3 Å². The van der Waals surface area contributed by atoms with Gasteiger partial charge in [-0.25, -0.2) is 13.1 Å². The third kappa shape index (κ3) is 6.28. The summed E-state index contributed by atoms with van der Waals surface area (Å²) in [5.74, 6) is 0.262. The van der Waals surface area contributed by atoms with Crippen molar-refractivity contribution in [3.05, 3.63) is 95.1 Å². The van der Waals surface area contributed by atoms with Gasteiger partial charge in [-0.15, -0.1) is 0 Å². The van der Waals surface area contributed by atoms with Crippen LogP contribution < -0.4 is 10.0 Å². The highest BCUT2D eigenvalue weighted by Gasteiger charge is 2.15. The molecule has 0 spiro atoms. The van der Waals surface area contributed by atoms with E-state index in [4.69, 9.17) is 0 Å². The van der Waals surface area contributed by atoms with Crippen LogP contribution in [0.1, 0.15) is 48.4 Å². The molecule has 3 rings (SSSR count). The molecule has 0 heterocycles. The maximum Gasteiger partial charge on any atom is 0.240 e. The van der Waals surface area contributed by atoms with Crippen molar-refractivity contribution in [2.24, 2.45) is 0 Å². The average molecular weight is 451 g/mol. The van der Waals surface area contributed by atoms with Gasteiger partial charge in [0.2, 0.25) is 15.9 Å². The highest BCUT2D eigenvalue weighted by molar-refractivity contribution is 7.89. The van der Waals surface area contributed by atoms with Crippen LogP contribution in [-0.4, -0.2) is 14.3 Å². The molecule has 0 aliphatic heterocycles. The molecule has 0 radical (unpaired) electrons. The van der Waals surface area contributed by atoms with Crippen molar-refractivity contribution < 1.29 is 13.2 Å². The van der Waals surface area contributed by atoms with E-state index in [2.05, 4.69) is 23.9 Å². The first-order valence-corrected chi connectivity index (χ1v) is 12.3. The second kappa shape index (κ2) is 10.6. The third-order valence-corrected chi connectivity index (χ3v) is 6.79. The highest BCUT2D eigenvalue weighted by atomic mass is 32.2. The topological polar surface area (TPSA) is 75.3 Å². The number of carbonyl (C=O) groups excluding carboxylic acids is 1. The molecule has 1 amide bonds. The van der Waals surface area contributed by atoms with E-state index < -0.39 is 10.0 Å². The van der Waals surface area contributed by atoms with Crippen LogP contribution in [0.25, 0.3) is 0 Å². The summed E-state index contributed by atoms with van der Waals surface area (Å²) in [5, 5.41) is 3.05. The Kier molecular flexibility index (Phi) is 7.83. The first-order valence-electron chi connectivity index (χ1n) is 10.8. The molecular formula is C26H30N2O3S. The van der Waals surface area contributed by atoms with Crippen molar-refractivity contribution in [1.82, 2.24) is 4.72 Å². The molecule has 0 saturated carbocycles. The molecular weight excluding hydrogens is 420 g/mol. The van der Waals surface area contributed by atoms with Crippen molar-refractivity contribution in [3.63, 3.8) is 0 Å². The van der Waals surface area contributed by atoms with E-state index in [1.165, 1.54) is 0 Å². The normalized spacial score (nSPS) is 11.5. The number of carbonyl (C=O) groups is 1. The lowest BCUT2D eigenvalue weighted by atomic mass is 9.98. The number of anilines is 1. The number of sulfonamides is 1.